The number of carbonyl (C=O) groups is 2. The summed E-state index contributed by atoms with van der Waals surface area (Å²) in [6, 6.07) is 17.3. The van der Waals surface area contributed by atoms with Crippen molar-refractivity contribution in [1.82, 2.24) is 4.90 Å². The summed E-state index contributed by atoms with van der Waals surface area (Å²) in [7, 11) is 1.85. The number of hydrogen-bond acceptors (Lipinski definition) is 3. The molecule has 5 nitrogen and oxygen atoms in total. The van der Waals surface area contributed by atoms with E-state index in [0.717, 1.165) is 36.8 Å². The number of carboxylic acids is 1. The Kier molecular flexibility index (Phi) is 5.79. The Morgan fingerprint density at radius 3 is 2.26 bits per heavy atom. The second-order valence-corrected chi connectivity index (χ2v) is 7.14. The fourth-order valence-corrected chi connectivity index (χ4v) is 3.91. The maximum atomic E-state index is 13.4. The molecule has 142 valence electrons. The van der Waals surface area contributed by atoms with Crippen molar-refractivity contribution in [2.45, 2.75) is 37.6 Å². The molecule has 0 heterocycles. The van der Waals surface area contributed by atoms with Crippen LogP contribution in [0.3, 0.4) is 0 Å². The highest BCUT2D eigenvalue weighted by molar-refractivity contribution is 5.88. The first-order valence-electron chi connectivity index (χ1n) is 9.26. The maximum absolute atomic E-state index is 13.4. The van der Waals surface area contributed by atoms with Crippen LogP contribution in [0.15, 0.2) is 54.6 Å². The number of ether oxygens (including phenoxy) is 1. The number of hydrogen-bond donors (Lipinski definition) is 1. The molecule has 0 aliphatic heterocycles. The minimum absolute atomic E-state index is 0.164. The average molecular weight is 367 g/mol. The summed E-state index contributed by atoms with van der Waals surface area (Å²) >= 11 is 0. The van der Waals surface area contributed by atoms with Gasteiger partial charge in [0.15, 0.2) is 6.61 Å². The van der Waals surface area contributed by atoms with Crippen molar-refractivity contribution in [2.24, 2.45) is 0 Å². The van der Waals surface area contributed by atoms with E-state index in [-0.39, 0.29) is 12.5 Å². The van der Waals surface area contributed by atoms with Crippen LogP contribution in [0.5, 0.6) is 5.75 Å². The van der Waals surface area contributed by atoms with Crippen molar-refractivity contribution in [3.8, 4) is 5.75 Å². The molecule has 0 aromatic heterocycles. The third kappa shape index (κ3) is 4.30. The summed E-state index contributed by atoms with van der Waals surface area (Å²) in [6.07, 6.45) is 3.93. The van der Waals surface area contributed by atoms with Gasteiger partial charge in [0.25, 0.3) is 0 Å². The van der Waals surface area contributed by atoms with Gasteiger partial charge in [0.05, 0.1) is 5.41 Å². The quantitative estimate of drug-likeness (QED) is 0.812. The highest BCUT2D eigenvalue weighted by Crippen LogP contribution is 2.42. The molecular formula is C22H25NO4. The van der Waals surface area contributed by atoms with Crippen molar-refractivity contribution in [3.05, 3.63) is 65.7 Å². The zero-order chi connectivity index (χ0) is 19.3. The van der Waals surface area contributed by atoms with Crippen LogP contribution in [-0.4, -0.2) is 35.5 Å². The molecule has 2 aromatic carbocycles. The molecule has 3 rings (SSSR count). The van der Waals surface area contributed by atoms with Crippen LogP contribution in [0.25, 0.3) is 0 Å². The Bertz CT molecular complexity index is 780. The molecule has 0 bridgehead atoms. The minimum atomic E-state index is -1.01. The number of aliphatic carboxylic acids is 1. The normalized spacial score (nSPS) is 15.3. The lowest BCUT2D eigenvalue weighted by molar-refractivity contribution is -0.139. The van der Waals surface area contributed by atoms with Crippen LogP contribution < -0.4 is 4.74 Å². The number of benzene rings is 2. The molecule has 1 N–H and O–H groups in total. The fraction of sp³-hybridized carbons (Fsp3) is 0.364. The van der Waals surface area contributed by atoms with Crippen molar-refractivity contribution in [2.75, 3.05) is 13.7 Å². The molecular weight excluding hydrogens is 342 g/mol. The van der Waals surface area contributed by atoms with E-state index in [0.29, 0.717) is 12.3 Å². The van der Waals surface area contributed by atoms with Crippen LogP contribution >= 0.6 is 0 Å². The van der Waals surface area contributed by atoms with E-state index in [2.05, 4.69) is 12.1 Å². The van der Waals surface area contributed by atoms with Gasteiger partial charge in [-0.1, -0.05) is 55.3 Å². The first kappa shape index (κ1) is 19.0. The molecule has 5 heteroatoms. The van der Waals surface area contributed by atoms with E-state index in [4.69, 9.17) is 9.84 Å². The van der Waals surface area contributed by atoms with E-state index in [1.54, 1.807) is 17.0 Å². The zero-order valence-electron chi connectivity index (χ0n) is 15.6. The van der Waals surface area contributed by atoms with E-state index in [1.807, 2.05) is 37.4 Å². The molecule has 0 unspecified atom stereocenters. The van der Waals surface area contributed by atoms with E-state index < -0.39 is 11.4 Å². The van der Waals surface area contributed by atoms with Crippen molar-refractivity contribution in [3.63, 3.8) is 0 Å². The molecule has 0 radical (unpaired) electrons. The van der Waals surface area contributed by atoms with E-state index in [1.165, 1.54) is 0 Å². The van der Waals surface area contributed by atoms with Crippen LogP contribution in [0.2, 0.25) is 0 Å². The molecule has 1 aliphatic rings. The fourth-order valence-electron chi connectivity index (χ4n) is 3.91. The zero-order valence-corrected chi connectivity index (χ0v) is 15.6. The van der Waals surface area contributed by atoms with Gasteiger partial charge in [-0.25, -0.2) is 4.79 Å². The highest BCUT2D eigenvalue weighted by atomic mass is 16.5. The third-order valence-electron chi connectivity index (χ3n) is 5.24. The minimum Gasteiger partial charge on any atom is -0.482 e. The van der Waals surface area contributed by atoms with Crippen LogP contribution in [0.1, 0.15) is 36.8 Å². The van der Waals surface area contributed by atoms with Gasteiger partial charge in [-0.15, -0.1) is 0 Å². The van der Waals surface area contributed by atoms with Gasteiger partial charge in [-0.2, -0.15) is 0 Å². The van der Waals surface area contributed by atoms with Gasteiger partial charge in [0, 0.05) is 13.6 Å². The second kappa shape index (κ2) is 8.25. The van der Waals surface area contributed by atoms with Gasteiger partial charge < -0.3 is 14.7 Å². The van der Waals surface area contributed by atoms with Crippen molar-refractivity contribution < 1.29 is 19.4 Å². The number of carbonyl (C=O) groups excluding carboxylic acids is 1. The smallest absolute Gasteiger partial charge is 0.341 e. The van der Waals surface area contributed by atoms with Crippen LogP contribution in [-0.2, 0) is 21.5 Å². The lowest BCUT2D eigenvalue weighted by atomic mass is 9.77. The molecule has 0 spiro atoms. The lowest BCUT2D eigenvalue weighted by Gasteiger charge is -2.33. The van der Waals surface area contributed by atoms with Gasteiger partial charge in [0.2, 0.25) is 5.91 Å². The first-order chi connectivity index (χ1) is 13.0. The Balaban J connectivity index is 1.70. The molecule has 0 atom stereocenters. The second-order valence-electron chi connectivity index (χ2n) is 7.14. The van der Waals surface area contributed by atoms with Gasteiger partial charge >= 0.3 is 5.97 Å². The van der Waals surface area contributed by atoms with Crippen molar-refractivity contribution >= 4 is 11.9 Å². The molecule has 1 amide bonds. The Morgan fingerprint density at radius 1 is 1.04 bits per heavy atom. The predicted molar refractivity (Wildman–Crippen MR) is 103 cm³/mol. The van der Waals surface area contributed by atoms with Gasteiger partial charge in [0.1, 0.15) is 5.75 Å². The largest absolute Gasteiger partial charge is 0.482 e. The Labute approximate surface area is 159 Å². The number of rotatable bonds is 7. The highest BCUT2D eigenvalue weighted by Gasteiger charge is 2.43. The summed E-state index contributed by atoms with van der Waals surface area (Å²) in [5.74, 6) is -0.337. The van der Waals surface area contributed by atoms with Gasteiger partial charge in [-0.3, -0.25) is 4.79 Å². The van der Waals surface area contributed by atoms with E-state index >= 15 is 0 Å². The van der Waals surface area contributed by atoms with Crippen LogP contribution in [0.4, 0.5) is 0 Å². The first-order valence-corrected chi connectivity index (χ1v) is 9.26. The van der Waals surface area contributed by atoms with Crippen molar-refractivity contribution in [1.29, 1.82) is 0 Å². The molecule has 27 heavy (non-hydrogen) atoms. The molecule has 1 aliphatic carbocycles. The summed E-state index contributed by atoms with van der Waals surface area (Å²) in [5.41, 5.74) is 1.67. The van der Waals surface area contributed by atoms with Crippen LogP contribution in [0, 0.1) is 0 Å². The predicted octanol–water partition coefficient (Wildman–Crippen LogP) is 3.62. The maximum Gasteiger partial charge on any atom is 0.341 e. The number of amides is 1. The summed E-state index contributed by atoms with van der Waals surface area (Å²) < 4.78 is 5.15. The number of nitrogens with zero attached hydrogens (tertiary/aromatic N) is 1. The monoisotopic (exact) mass is 367 g/mol. The molecule has 1 saturated carbocycles. The summed E-state index contributed by atoms with van der Waals surface area (Å²) in [4.78, 5) is 25.7. The molecule has 1 fully saturated rings. The Morgan fingerprint density at radius 2 is 1.67 bits per heavy atom. The Hall–Kier alpha value is -2.82. The standard InChI is InChI=1S/C22H25NO4/c1-23(15-17-9-11-19(12-10-17)27-16-20(24)25)21(26)22(13-5-6-14-22)18-7-3-2-4-8-18/h2-4,7-12H,5-6,13-16H2,1H3,(H,24,25). The number of carboxylic acid groups (broad SMARTS) is 1. The molecule has 2 aromatic rings. The topological polar surface area (TPSA) is 66.8 Å². The summed E-state index contributed by atoms with van der Waals surface area (Å²) in [6.45, 7) is 0.143. The molecule has 0 saturated heterocycles. The van der Waals surface area contributed by atoms with E-state index in [9.17, 15) is 9.59 Å². The van der Waals surface area contributed by atoms with Gasteiger partial charge in [-0.05, 0) is 36.1 Å². The summed E-state index contributed by atoms with van der Waals surface area (Å²) in [5, 5.41) is 8.66. The SMILES string of the molecule is CN(Cc1ccc(OCC(=O)O)cc1)C(=O)C1(c2ccccc2)CCCC1. The number of likely N-dealkylation sites (N-methyl/N-ethyl adjacent to an activating group) is 1. The third-order valence-corrected chi connectivity index (χ3v) is 5.24. The lowest BCUT2D eigenvalue weighted by Crippen LogP contribution is -2.43. The average Bonchev–Trinajstić information content (AvgIpc) is 3.18.